The van der Waals surface area contributed by atoms with Gasteiger partial charge in [-0.05, 0) is 18.2 Å². The van der Waals surface area contributed by atoms with Crippen LogP contribution in [0.25, 0.3) is 0 Å². The normalized spacial score (nSPS) is 10.0. The third kappa shape index (κ3) is 2.22. The van der Waals surface area contributed by atoms with E-state index >= 15 is 0 Å². The van der Waals surface area contributed by atoms with Crippen molar-refractivity contribution < 1.29 is 19.8 Å². The molecule has 18 heavy (non-hydrogen) atoms. The minimum absolute atomic E-state index is 0.233. The van der Waals surface area contributed by atoms with Crippen molar-refractivity contribution in [2.75, 3.05) is 0 Å². The molecule has 0 radical (unpaired) electrons. The summed E-state index contributed by atoms with van der Waals surface area (Å²) in [5.74, 6) is -1.90. The first-order valence-corrected chi connectivity index (χ1v) is 5.25. The number of aromatic hydroxyl groups is 1. The van der Waals surface area contributed by atoms with Crippen LogP contribution in [0.2, 0.25) is 0 Å². The van der Waals surface area contributed by atoms with Crippen LogP contribution in [0.1, 0.15) is 26.3 Å². The summed E-state index contributed by atoms with van der Waals surface area (Å²) in [7, 11) is 0. The highest BCUT2D eigenvalue weighted by Gasteiger charge is 2.14. The predicted octanol–water partition coefficient (Wildman–Crippen LogP) is 2.32. The van der Waals surface area contributed by atoms with Gasteiger partial charge in [-0.2, -0.15) is 0 Å². The smallest absolute Gasteiger partial charge is 0.339 e. The Hall–Kier alpha value is -2.62. The summed E-state index contributed by atoms with van der Waals surface area (Å²) in [5, 5.41) is 18.2. The van der Waals surface area contributed by atoms with E-state index < -0.39 is 5.97 Å². The fraction of sp³-hybridized carbons (Fsp3) is 0. The molecule has 2 aromatic rings. The Bertz CT molecular complexity index is 602. The lowest BCUT2D eigenvalue weighted by atomic mass is 10.0. The fourth-order valence-electron chi connectivity index (χ4n) is 1.60. The van der Waals surface area contributed by atoms with Gasteiger partial charge in [-0.1, -0.05) is 30.3 Å². The largest absolute Gasteiger partial charge is 0.507 e. The molecule has 2 N–H and O–H groups in total. The molecule has 0 unspecified atom stereocenters. The molecular formula is C14H10O4. The van der Waals surface area contributed by atoms with E-state index in [4.69, 9.17) is 5.11 Å². The van der Waals surface area contributed by atoms with Crippen LogP contribution in [0.4, 0.5) is 0 Å². The van der Waals surface area contributed by atoms with Gasteiger partial charge in [0.05, 0.1) is 0 Å². The third-order valence-corrected chi connectivity index (χ3v) is 2.53. The summed E-state index contributed by atoms with van der Waals surface area (Å²) < 4.78 is 0. The first-order valence-electron chi connectivity index (χ1n) is 5.25. The summed E-state index contributed by atoms with van der Waals surface area (Å²) >= 11 is 0. The van der Waals surface area contributed by atoms with Crippen LogP contribution in [0.15, 0.2) is 48.5 Å². The van der Waals surface area contributed by atoms with Gasteiger partial charge in [0.2, 0.25) is 0 Å². The molecule has 2 rings (SSSR count). The molecule has 0 heterocycles. The maximum Gasteiger partial charge on any atom is 0.339 e. The van der Waals surface area contributed by atoms with E-state index in [9.17, 15) is 14.7 Å². The zero-order chi connectivity index (χ0) is 13.1. The minimum atomic E-state index is -1.27. The first-order chi connectivity index (χ1) is 8.59. The van der Waals surface area contributed by atoms with E-state index in [0.29, 0.717) is 5.56 Å². The Labute approximate surface area is 103 Å². The van der Waals surface area contributed by atoms with Gasteiger partial charge in [-0.15, -0.1) is 0 Å². The number of phenols is 1. The summed E-state index contributed by atoms with van der Waals surface area (Å²) in [6.45, 7) is 0. The molecular weight excluding hydrogens is 232 g/mol. The Balaban J connectivity index is 2.44. The second kappa shape index (κ2) is 4.71. The molecule has 90 valence electrons. The predicted molar refractivity (Wildman–Crippen MR) is 64.9 cm³/mol. The zero-order valence-corrected chi connectivity index (χ0v) is 9.33. The SMILES string of the molecule is O=C(c1ccccc1)c1ccc(O)c(C(=O)O)c1. The molecule has 4 nitrogen and oxygen atoms in total. The van der Waals surface area contributed by atoms with Crippen LogP contribution in [-0.4, -0.2) is 22.0 Å². The van der Waals surface area contributed by atoms with E-state index in [1.54, 1.807) is 30.3 Å². The van der Waals surface area contributed by atoms with Crippen molar-refractivity contribution in [2.45, 2.75) is 0 Å². The van der Waals surface area contributed by atoms with Crippen LogP contribution in [-0.2, 0) is 0 Å². The molecule has 0 saturated heterocycles. The second-order valence-electron chi connectivity index (χ2n) is 3.73. The lowest BCUT2D eigenvalue weighted by Gasteiger charge is -2.04. The van der Waals surface area contributed by atoms with Crippen molar-refractivity contribution in [3.05, 3.63) is 65.2 Å². The first kappa shape index (κ1) is 11.9. The molecule has 0 fully saturated rings. The van der Waals surface area contributed by atoms with Gasteiger partial charge in [0.15, 0.2) is 5.78 Å². The Kier molecular flexibility index (Phi) is 3.10. The standard InChI is InChI=1S/C14H10O4/c15-12-7-6-10(8-11(12)14(17)18)13(16)9-4-2-1-3-5-9/h1-8,15H,(H,17,18). The maximum absolute atomic E-state index is 12.1. The number of carbonyl (C=O) groups is 2. The number of carbonyl (C=O) groups excluding carboxylic acids is 1. The Morgan fingerprint density at radius 2 is 1.56 bits per heavy atom. The fourth-order valence-corrected chi connectivity index (χ4v) is 1.60. The molecule has 0 atom stereocenters. The highest BCUT2D eigenvalue weighted by Crippen LogP contribution is 2.20. The maximum atomic E-state index is 12.1. The third-order valence-electron chi connectivity index (χ3n) is 2.53. The van der Waals surface area contributed by atoms with E-state index in [1.807, 2.05) is 0 Å². The number of carboxylic acids is 1. The lowest BCUT2D eigenvalue weighted by Crippen LogP contribution is -2.04. The van der Waals surface area contributed by atoms with Crippen LogP contribution in [0, 0.1) is 0 Å². The topological polar surface area (TPSA) is 74.6 Å². The highest BCUT2D eigenvalue weighted by molar-refractivity contribution is 6.10. The van der Waals surface area contributed by atoms with Crippen LogP contribution >= 0.6 is 0 Å². The Morgan fingerprint density at radius 1 is 0.889 bits per heavy atom. The molecule has 4 heteroatoms. The van der Waals surface area contributed by atoms with Gasteiger partial charge < -0.3 is 10.2 Å². The van der Waals surface area contributed by atoms with Crippen molar-refractivity contribution in [1.82, 2.24) is 0 Å². The molecule has 0 bridgehead atoms. The molecule has 0 aliphatic rings. The van der Waals surface area contributed by atoms with Crippen molar-refractivity contribution in [2.24, 2.45) is 0 Å². The molecule has 0 aliphatic carbocycles. The van der Waals surface area contributed by atoms with E-state index in [2.05, 4.69) is 0 Å². The number of aromatic carboxylic acids is 1. The average Bonchev–Trinajstić information content (AvgIpc) is 2.39. The van der Waals surface area contributed by atoms with E-state index in [-0.39, 0.29) is 22.7 Å². The molecule has 0 aliphatic heterocycles. The van der Waals surface area contributed by atoms with Gasteiger partial charge in [0.1, 0.15) is 11.3 Å². The number of rotatable bonds is 3. The number of benzene rings is 2. The van der Waals surface area contributed by atoms with Crippen molar-refractivity contribution in [3.8, 4) is 5.75 Å². The quantitative estimate of drug-likeness (QED) is 0.810. The van der Waals surface area contributed by atoms with Gasteiger partial charge in [0, 0.05) is 11.1 Å². The summed E-state index contributed by atoms with van der Waals surface area (Å²) in [5.41, 5.74) is 0.424. The Morgan fingerprint density at radius 3 is 2.17 bits per heavy atom. The van der Waals surface area contributed by atoms with E-state index in [1.165, 1.54) is 18.2 Å². The van der Waals surface area contributed by atoms with Crippen molar-refractivity contribution in [3.63, 3.8) is 0 Å². The minimum Gasteiger partial charge on any atom is -0.507 e. The molecule has 0 aromatic heterocycles. The van der Waals surface area contributed by atoms with Crippen LogP contribution in [0.3, 0.4) is 0 Å². The van der Waals surface area contributed by atoms with Gasteiger partial charge >= 0.3 is 5.97 Å². The van der Waals surface area contributed by atoms with E-state index in [0.717, 1.165) is 0 Å². The number of hydrogen-bond donors (Lipinski definition) is 2. The monoisotopic (exact) mass is 242 g/mol. The van der Waals surface area contributed by atoms with Gasteiger partial charge in [0.25, 0.3) is 0 Å². The molecule has 0 saturated carbocycles. The van der Waals surface area contributed by atoms with Gasteiger partial charge in [-0.3, -0.25) is 4.79 Å². The van der Waals surface area contributed by atoms with Crippen LogP contribution in [0.5, 0.6) is 5.75 Å². The summed E-state index contributed by atoms with van der Waals surface area (Å²) in [6, 6.07) is 12.3. The summed E-state index contributed by atoms with van der Waals surface area (Å²) in [6.07, 6.45) is 0. The molecule has 0 amide bonds. The second-order valence-corrected chi connectivity index (χ2v) is 3.73. The molecule has 2 aromatic carbocycles. The number of ketones is 1. The highest BCUT2D eigenvalue weighted by atomic mass is 16.4. The van der Waals surface area contributed by atoms with Gasteiger partial charge in [-0.25, -0.2) is 4.79 Å². The molecule has 0 spiro atoms. The van der Waals surface area contributed by atoms with Crippen LogP contribution < -0.4 is 0 Å². The van der Waals surface area contributed by atoms with Crippen molar-refractivity contribution >= 4 is 11.8 Å². The zero-order valence-electron chi connectivity index (χ0n) is 9.33. The number of hydrogen-bond acceptors (Lipinski definition) is 3. The average molecular weight is 242 g/mol. The summed E-state index contributed by atoms with van der Waals surface area (Å²) in [4.78, 5) is 22.9. The number of carboxylic acid groups (broad SMARTS) is 1. The lowest BCUT2D eigenvalue weighted by molar-refractivity contribution is 0.0693. The van der Waals surface area contributed by atoms with Crippen molar-refractivity contribution in [1.29, 1.82) is 0 Å².